The van der Waals surface area contributed by atoms with E-state index in [1.807, 2.05) is 28.6 Å². The Labute approximate surface area is 82.1 Å². The van der Waals surface area contributed by atoms with E-state index < -0.39 is 0 Å². The molecule has 0 radical (unpaired) electrons. The zero-order valence-electron chi connectivity index (χ0n) is 8.09. The van der Waals surface area contributed by atoms with Gasteiger partial charge in [0.2, 0.25) is 0 Å². The number of nitrogens with two attached hydrogens (primary N) is 1. The summed E-state index contributed by atoms with van der Waals surface area (Å²) in [6.07, 6.45) is 5.27. The van der Waals surface area contributed by atoms with Crippen LogP contribution >= 0.6 is 0 Å². The summed E-state index contributed by atoms with van der Waals surface area (Å²) in [4.78, 5) is 0. The monoisotopic (exact) mass is 191 g/mol. The van der Waals surface area contributed by atoms with Crippen molar-refractivity contribution in [3.8, 4) is 0 Å². The van der Waals surface area contributed by atoms with Gasteiger partial charge in [0.25, 0.3) is 0 Å². The first-order valence-corrected chi connectivity index (χ1v) is 4.52. The van der Waals surface area contributed by atoms with Crippen LogP contribution in [-0.4, -0.2) is 19.6 Å². The number of aromatic nitrogens is 4. The average molecular weight is 191 g/mol. The number of nitrogens with zero attached hydrogens (tertiary/aromatic N) is 4. The molecular formula is C9H13N5. The summed E-state index contributed by atoms with van der Waals surface area (Å²) in [5, 5.41) is 8.28. The van der Waals surface area contributed by atoms with Crippen LogP contribution in [-0.2, 0) is 13.1 Å². The Morgan fingerprint density at radius 2 is 2.21 bits per heavy atom. The van der Waals surface area contributed by atoms with E-state index in [2.05, 4.69) is 10.2 Å². The molecule has 0 unspecified atom stereocenters. The van der Waals surface area contributed by atoms with Crippen LogP contribution in [0.4, 0.5) is 5.69 Å². The molecule has 2 aromatic heterocycles. The maximum atomic E-state index is 5.55. The largest absolute Gasteiger partial charge is 0.396 e. The van der Waals surface area contributed by atoms with Crippen LogP contribution in [0.5, 0.6) is 0 Å². The molecule has 0 atom stereocenters. The number of hydrogen-bond acceptors (Lipinski definition) is 3. The van der Waals surface area contributed by atoms with Gasteiger partial charge in [0.1, 0.15) is 0 Å². The van der Waals surface area contributed by atoms with Crippen molar-refractivity contribution >= 4 is 5.69 Å². The molecule has 0 aliphatic rings. The van der Waals surface area contributed by atoms with Crippen molar-refractivity contribution in [2.45, 2.75) is 20.0 Å². The van der Waals surface area contributed by atoms with Gasteiger partial charge in [-0.15, -0.1) is 0 Å². The summed E-state index contributed by atoms with van der Waals surface area (Å²) >= 11 is 0. The third-order valence-corrected chi connectivity index (χ3v) is 2.12. The predicted octanol–water partition coefficient (Wildman–Crippen LogP) is 0.670. The van der Waals surface area contributed by atoms with E-state index in [0.29, 0.717) is 5.69 Å². The zero-order chi connectivity index (χ0) is 9.97. The van der Waals surface area contributed by atoms with Gasteiger partial charge < -0.3 is 5.73 Å². The molecule has 2 rings (SSSR count). The van der Waals surface area contributed by atoms with Gasteiger partial charge in [-0.3, -0.25) is 9.36 Å². The molecule has 0 aliphatic heterocycles. The van der Waals surface area contributed by atoms with Crippen molar-refractivity contribution in [1.29, 1.82) is 0 Å². The minimum absolute atomic E-state index is 0.696. The molecule has 2 heterocycles. The van der Waals surface area contributed by atoms with E-state index in [9.17, 15) is 0 Å². The number of aryl methyl sites for hydroxylation is 3. The zero-order valence-corrected chi connectivity index (χ0v) is 8.09. The predicted molar refractivity (Wildman–Crippen MR) is 53.6 cm³/mol. The van der Waals surface area contributed by atoms with Crippen molar-refractivity contribution in [2.24, 2.45) is 0 Å². The van der Waals surface area contributed by atoms with E-state index in [0.717, 1.165) is 18.8 Å². The molecule has 0 saturated heterocycles. The summed E-state index contributed by atoms with van der Waals surface area (Å²) in [6.45, 7) is 3.64. The molecule has 0 bridgehead atoms. The lowest BCUT2D eigenvalue weighted by atomic mass is 10.5. The van der Waals surface area contributed by atoms with E-state index in [1.54, 1.807) is 12.4 Å². The highest BCUT2D eigenvalue weighted by atomic mass is 15.3. The van der Waals surface area contributed by atoms with Gasteiger partial charge in [-0.25, -0.2) is 0 Å². The van der Waals surface area contributed by atoms with Crippen molar-refractivity contribution in [2.75, 3.05) is 5.73 Å². The number of anilines is 1. The van der Waals surface area contributed by atoms with Gasteiger partial charge in [-0.1, -0.05) is 0 Å². The maximum Gasteiger partial charge on any atom is 0.0719 e. The first kappa shape index (κ1) is 8.80. The first-order chi connectivity index (χ1) is 6.75. The Bertz CT molecular complexity index is 414. The normalized spacial score (nSPS) is 10.6. The van der Waals surface area contributed by atoms with Crippen LogP contribution < -0.4 is 5.73 Å². The molecule has 0 aliphatic carbocycles. The standard InChI is InChI=1S/C9H13N5/c1-8-2-3-11-14(8)5-4-13-7-9(10)6-12-13/h2-3,6-7H,4-5,10H2,1H3. The number of rotatable bonds is 3. The van der Waals surface area contributed by atoms with Crippen LogP contribution in [0.15, 0.2) is 24.7 Å². The van der Waals surface area contributed by atoms with Crippen molar-refractivity contribution < 1.29 is 0 Å². The Morgan fingerprint density at radius 1 is 1.36 bits per heavy atom. The fraction of sp³-hybridized carbons (Fsp3) is 0.333. The highest BCUT2D eigenvalue weighted by Gasteiger charge is 1.98. The highest BCUT2D eigenvalue weighted by Crippen LogP contribution is 2.00. The number of hydrogen-bond donors (Lipinski definition) is 1. The quantitative estimate of drug-likeness (QED) is 0.775. The third kappa shape index (κ3) is 1.76. The van der Waals surface area contributed by atoms with Gasteiger partial charge in [0, 0.05) is 18.1 Å². The maximum absolute atomic E-state index is 5.55. The molecule has 0 fully saturated rings. The summed E-state index contributed by atoms with van der Waals surface area (Å²) in [7, 11) is 0. The number of nitrogen functional groups attached to an aromatic ring is 1. The summed E-state index contributed by atoms with van der Waals surface area (Å²) in [5.41, 5.74) is 7.41. The van der Waals surface area contributed by atoms with Crippen LogP contribution in [0.3, 0.4) is 0 Å². The third-order valence-electron chi connectivity index (χ3n) is 2.12. The van der Waals surface area contributed by atoms with E-state index in [4.69, 9.17) is 5.73 Å². The van der Waals surface area contributed by atoms with Crippen molar-refractivity contribution in [3.63, 3.8) is 0 Å². The van der Waals surface area contributed by atoms with Gasteiger partial charge in [-0.05, 0) is 13.0 Å². The topological polar surface area (TPSA) is 61.7 Å². The Kier molecular flexibility index (Phi) is 2.22. The van der Waals surface area contributed by atoms with Crippen molar-refractivity contribution in [1.82, 2.24) is 19.6 Å². The second-order valence-corrected chi connectivity index (χ2v) is 3.23. The molecule has 2 aromatic rings. The molecular weight excluding hydrogens is 178 g/mol. The average Bonchev–Trinajstić information content (AvgIpc) is 2.72. The second kappa shape index (κ2) is 3.53. The smallest absolute Gasteiger partial charge is 0.0719 e. The Morgan fingerprint density at radius 3 is 2.79 bits per heavy atom. The molecule has 5 nitrogen and oxygen atoms in total. The van der Waals surface area contributed by atoms with Crippen LogP contribution in [0.25, 0.3) is 0 Å². The highest BCUT2D eigenvalue weighted by molar-refractivity contribution is 5.30. The van der Waals surface area contributed by atoms with Gasteiger partial charge in [-0.2, -0.15) is 10.2 Å². The molecule has 74 valence electrons. The van der Waals surface area contributed by atoms with Crippen LogP contribution in [0, 0.1) is 6.92 Å². The molecule has 0 saturated carbocycles. The van der Waals surface area contributed by atoms with E-state index >= 15 is 0 Å². The molecule has 5 heteroatoms. The Hall–Kier alpha value is -1.78. The lowest BCUT2D eigenvalue weighted by molar-refractivity contribution is 0.492. The minimum atomic E-state index is 0.696. The molecule has 0 spiro atoms. The van der Waals surface area contributed by atoms with Gasteiger partial charge in [0.15, 0.2) is 0 Å². The van der Waals surface area contributed by atoms with Crippen LogP contribution in [0.1, 0.15) is 5.69 Å². The molecule has 0 amide bonds. The van der Waals surface area contributed by atoms with E-state index in [-0.39, 0.29) is 0 Å². The lowest BCUT2D eigenvalue weighted by Crippen LogP contribution is -2.09. The summed E-state index contributed by atoms with van der Waals surface area (Å²) in [5.74, 6) is 0. The fourth-order valence-corrected chi connectivity index (χ4v) is 1.33. The van der Waals surface area contributed by atoms with E-state index in [1.165, 1.54) is 0 Å². The lowest BCUT2D eigenvalue weighted by Gasteiger charge is -2.03. The van der Waals surface area contributed by atoms with Crippen molar-refractivity contribution in [3.05, 3.63) is 30.4 Å². The summed E-state index contributed by atoms with van der Waals surface area (Å²) in [6, 6.07) is 1.98. The fourth-order valence-electron chi connectivity index (χ4n) is 1.33. The minimum Gasteiger partial charge on any atom is -0.396 e. The van der Waals surface area contributed by atoms with Gasteiger partial charge in [0.05, 0.1) is 25.0 Å². The Balaban J connectivity index is 1.98. The first-order valence-electron chi connectivity index (χ1n) is 4.52. The second-order valence-electron chi connectivity index (χ2n) is 3.23. The summed E-state index contributed by atoms with van der Waals surface area (Å²) < 4.78 is 3.76. The SMILES string of the molecule is Cc1ccnn1CCn1cc(N)cn1. The molecule has 14 heavy (non-hydrogen) atoms. The van der Waals surface area contributed by atoms with Gasteiger partial charge >= 0.3 is 0 Å². The molecule has 2 N–H and O–H groups in total. The van der Waals surface area contributed by atoms with Crippen LogP contribution in [0.2, 0.25) is 0 Å². The molecule has 0 aromatic carbocycles.